The lowest BCUT2D eigenvalue weighted by atomic mass is 9.87. The average molecular weight is 276 g/mol. The number of amides is 1. The monoisotopic (exact) mass is 276 g/mol. The minimum absolute atomic E-state index is 0.178. The summed E-state index contributed by atoms with van der Waals surface area (Å²) in [5.74, 6) is 0.216. The van der Waals surface area contributed by atoms with Crippen LogP contribution in [-0.4, -0.2) is 30.4 Å². The second kappa shape index (κ2) is 7.32. The molecule has 0 radical (unpaired) electrons. The maximum atomic E-state index is 11.9. The molecule has 0 heterocycles. The molecule has 0 aliphatic carbocycles. The van der Waals surface area contributed by atoms with Gasteiger partial charge in [-0.25, -0.2) is 0 Å². The minimum Gasteiger partial charge on any atom is -0.385 e. The number of carbonyl (C=O) groups excluding carboxylic acids is 1. The zero-order valence-corrected chi connectivity index (χ0v) is 13.5. The van der Waals surface area contributed by atoms with E-state index in [0.717, 1.165) is 18.8 Å². The zero-order valence-electron chi connectivity index (χ0n) is 13.5. The Morgan fingerprint density at radius 1 is 1.10 bits per heavy atom. The number of hydrogen-bond acceptors (Lipinski definition) is 2. The van der Waals surface area contributed by atoms with Gasteiger partial charge >= 0.3 is 0 Å². The van der Waals surface area contributed by atoms with Crippen LogP contribution < -0.4 is 5.32 Å². The van der Waals surface area contributed by atoms with E-state index in [0.29, 0.717) is 13.0 Å². The van der Waals surface area contributed by atoms with Crippen molar-refractivity contribution in [3.8, 4) is 0 Å². The number of rotatable bonds is 6. The predicted octanol–water partition coefficient (Wildman–Crippen LogP) is 3.65. The van der Waals surface area contributed by atoms with Crippen molar-refractivity contribution in [3.63, 3.8) is 0 Å². The lowest BCUT2D eigenvalue weighted by molar-refractivity contribution is -0.130. The van der Waals surface area contributed by atoms with Crippen molar-refractivity contribution in [2.24, 2.45) is 0 Å². The number of benzene rings is 1. The lowest BCUT2D eigenvalue weighted by Gasteiger charge is -2.20. The predicted molar refractivity (Wildman–Crippen MR) is 86.2 cm³/mol. The van der Waals surface area contributed by atoms with Gasteiger partial charge in [0.1, 0.15) is 0 Å². The van der Waals surface area contributed by atoms with Crippen molar-refractivity contribution in [1.82, 2.24) is 4.90 Å². The third-order valence-electron chi connectivity index (χ3n) is 3.54. The number of carbonyl (C=O) groups is 1. The van der Waals surface area contributed by atoms with Crippen molar-refractivity contribution in [2.75, 3.05) is 25.0 Å². The van der Waals surface area contributed by atoms with Crippen LogP contribution in [0.3, 0.4) is 0 Å². The van der Waals surface area contributed by atoms with Gasteiger partial charge in [0.15, 0.2) is 0 Å². The molecule has 1 aromatic carbocycles. The van der Waals surface area contributed by atoms with Gasteiger partial charge in [-0.1, -0.05) is 32.9 Å². The van der Waals surface area contributed by atoms with E-state index in [1.165, 1.54) is 5.56 Å². The molecule has 0 aromatic heterocycles. The van der Waals surface area contributed by atoms with Gasteiger partial charge in [-0.2, -0.15) is 0 Å². The quantitative estimate of drug-likeness (QED) is 0.860. The molecule has 1 rings (SSSR count). The largest absolute Gasteiger partial charge is 0.385 e. The fourth-order valence-corrected chi connectivity index (χ4v) is 2.14. The molecule has 0 saturated carbocycles. The number of anilines is 1. The van der Waals surface area contributed by atoms with Crippen molar-refractivity contribution in [3.05, 3.63) is 29.8 Å². The first-order valence-corrected chi connectivity index (χ1v) is 7.50. The third-order valence-corrected chi connectivity index (χ3v) is 3.54. The highest BCUT2D eigenvalue weighted by Gasteiger charge is 2.13. The summed E-state index contributed by atoms with van der Waals surface area (Å²) in [6.45, 7) is 12.9. The van der Waals surface area contributed by atoms with Gasteiger partial charge in [0, 0.05) is 31.7 Å². The highest BCUT2D eigenvalue weighted by Crippen LogP contribution is 2.23. The smallest absolute Gasteiger partial charge is 0.224 e. The summed E-state index contributed by atoms with van der Waals surface area (Å²) in [5, 5.41) is 3.31. The maximum Gasteiger partial charge on any atom is 0.224 e. The third kappa shape index (κ3) is 4.87. The van der Waals surface area contributed by atoms with E-state index in [-0.39, 0.29) is 11.3 Å². The normalized spacial score (nSPS) is 11.2. The molecular formula is C17H28N2O. The van der Waals surface area contributed by atoms with Crippen LogP contribution in [0.25, 0.3) is 0 Å². The van der Waals surface area contributed by atoms with Crippen LogP contribution >= 0.6 is 0 Å². The summed E-state index contributed by atoms with van der Waals surface area (Å²) < 4.78 is 0. The van der Waals surface area contributed by atoms with E-state index in [1.54, 1.807) is 0 Å². The van der Waals surface area contributed by atoms with E-state index < -0.39 is 0 Å². The van der Waals surface area contributed by atoms with Gasteiger partial charge in [0.05, 0.1) is 0 Å². The van der Waals surface area contributed by atoms with Crippen LogP contribution in [0.4, 0.5) is 5.69 Å². The Morgan fingerprint density at radius 2 is 1.65 bits per heavy atom. The summed E-state index contributed by atoms with van der Waals surface area (Å²) >= 11 is 0. The number of nitrogens with one attached hydrogen (secondary N) is 1. The molecule has 1 aromatic rings. The summed E-state index contributed by atoms with van der Waals surface area (Å²) in [6, 6.07) is 8.47. The van der Waals surface area contributed by atoms with Gasteiger partial charge in [-0.3, -0.25) is 4.79 Å². The van der Waals surface area contributed by atoms with E-state index >= 15 is 0 Å². The van der Waals surface area contributed by atoms with Crippen LogP contribution in [0.15, 0.2) is 24.3 Å². The Balaban J connectivity index is 2.45. The fourth-order valence-electron chi connectivity index (χ4n) is 2.14. The van der Waals surface area contributed by atoms with E-state index in [1.807, 2.05) is 18.7 Å². The molecule has 0 saturated heterocycles. The summed E-state index contributed by atoms with van der Waals surface area (Å²) in [7, 11) is 0. The molecule has 0 aliphatic rings. The SMILES string of the molecule is CCN(CC)C(=O)CCNc1ccc(C(C)(C)C)cc1. The topological polar surface area (TPSA) is 32.3 Å². The van der Waals surface area contributed by atoms with Crippen LogP contribution in [0.1, 0.15) is 46.6 Å². The Morgan fingerprint density at radius 3 is 2.10 bits per heavy atom. The minimum atomic E-state index is 0.178. The first-order valence-electron chi connectivity index (χ1n) is 7.50. The standard InChI is InChI=1S/C17H28N2O/c1-6-19(7-2)16(20)12-13-18-15-10-8-14(9-11-15)17(3,4)5/h8-11,18H,6-7,12-13H2,1-5H3. The first kappa shape index (κ1) is 16.5. The summed E-state index contributed by atoms with van der Waals surface area (Å²) in [6.07, 6.45) is 0.544. The molecule has 0 aliphatic heterocycles. The molecule has 20 heavy (non-hydrogen) atoms. The first-order chi connectivity index (χ1) is 9.38. The van der Waals surface area contributed by atoms with Gasteiger partial charge in [-0.05, 0) is 37.0 Å². The molecule has 0 unspecified atom stereocenters. The maximum absolute atomic E-state index is 11.9. The number of hydrogen-bond donors (Lipinski definition) is 1. The molecule has 3 heteroatoms. The molecule has 1 N–H and O–H groups in total. The molecule has 112 valence electrons. The fraction of sp³-hybridized carbons (Fsp3) is 0.588. The highest BCUT2D eigenvalue weighted by atomic mass is 16.2. The Kier molecular flexibility index (Phi) is 6.05. The van der Waals surface area contributed by atoms with Gasteiger partial charge < -0.3 is 10.2 Å². The number of nitrogens with zero attached hydrogens (tertiary/aromatic N) is 1. The molecule has 0 bridgehead atoms. The van der Waals surface area contributed by atoms with Gasteiger partial charge in [0.25, 0.3) is 0 Å². The molecular weight excluding hydrogens is 248 g/mol. The van der Waals surface area contributed by atoms with E-state index in [2.05, 4.69) is 50.4 Å². The summed E-state index contributed by atoms with van der Waals surface area (Å²) in [5.41, 5.74) is 2.57. The highest BCUT2D eigenvalue weighted by molar-refractivity contribution is 5.76. The van der Waals surface area contributed by atoms with Crippen LogP contribution in [-0.2, 0) is 10.2 Å². The van der Waals surface area contributed by atoms with Gasteiger partial charge in [-0.15, -0.1) is 0 Å². The molecule has 3 nitrogen and oxygen atoms in total. The van der Waals surface area contributed by atoms with Crippen molar-refractivity contribution in [2.45, 2.75) is 46.5 Å². The molecule has 1 amide bonds. The second-order valence-corrected chi connectivity index (χ2v) is 6.07. The second-order valence-electron chi connectivity index (χ2n) is 6.07. The van der Waals surface area contributed by atoms with Gasteiger partial charge in [0.2, 0.25) is 5.91 Å². The molecule has 0 fully saturated rings. The molecule has 0 spiro atoms. The van der Waals surface area contributed by atoms with E-state index in [4.69, 9.17) is 0 Å². The average Bonchev–Trinajstić information content (AvgIpc) is 2.39. The van der Waals surface area contributed by atoms with Crippen molar-refractivity contribution < 1.29 is 4.79 Å². The van der Waals surface area contributed by atoms with E-state index in [9.17, 15) is 4.79 Å². The molecule has 0 atom stereocenters. The van der Waals surface area contributed by atoms with Crippen molar-refractivity contribution >= 4 is 11.6 Å². The van der Waals surface area contributed by atoms with Crippen molar-refractivity contribution in [1.29, 1.82) is 0 Å². The Hall–Kier alpha value is -1.51. The van der Waals surface area contributed by atoms with Crippen LogP contribution in [0.5, 0.6) is 0 Å². The zero-order chi connectivity index (χ0) is 15.2. The summed E-state index contributed by atoms with van der Waals surface area (Å²) in [4.78, 5) is 13.7. The van der Waals surface area contributed by atoms with Crippen LogP contribution in [0, 0.1) is 0 Å². The lowest BCUT2D eigenvalue weighted by Crippen LogP contribution is -2.31. The van der Waals surface area contributed by atoms with Crippen LogP contribution in [0.2, 0.25) is 0 Å². The Bertz CT molecular complexity index is 414. The Labute approximate surface area is 123 Å².